The van der Waals surface area contributed by atoms with Crippen molar-refractivity contribution < 1.29 is 13.9 Å². The molecule has 5 heteroatoms. The van der Waals surface area contributed by atoms with Crippen molar-refractivity contribution in [2.24, 2.45) is 0 Å². The van der Waals surface area contributed by atoms with Gasteiger partial charge in [0.2, 0.25) is 0 Å². The second kappa shape index (κ2) is 9.34. The van der Waals surface area contributed by atoms with Gasteiger partial charge >= 0.3 is 0 Å². The van der Waals surface area contributed by atoms with Gasteiger partial charge in [-0.15, -0.1) is 0 Å². The molecule has 0 fully saturated rings. The van der Waals surface area contributed by atoms with Crippen LogP contribution in [0.25, 0.3) is 0 Å². The third-order valence-electron chi connectivity index (χ3n) is 3.07. The van der Waals surface area contributed by atoms with E-state index in [1.54, 1.807) is 20.0 Å². The molecule has 1 amide bonds. The summed E-state index contributed by atoms with van der Waals surface area (Å²) in [6, 6.07) is 4.47. The largest absolute Gasteiger partial charge is 0.481 e. The van der Waals surface area contributed by atoms with E-state index in [-0.39, 0.29) is 11.7 Å². The van der Waals surface area contributed by atoms with Gasteiger partial charge in [0.25, 0.3) is 5.91 Å². The van der Waals surface area contributed by atoms with Crippen molar-refractivity contribution in [3.63, 3.8) is 0 Å². The summed E-state index contributed by atoms with van der Waals surface area (Å²) in [5.41, 5.74) is 0.781. The molecule has 0 saturated carbocycles. The molecular weight excluding hydrogens is 271 g/mol. The SMILES string of the molecule is CCCCCNC(=O)C(C)Oc1cc(F)cc(CNC)c1. The fraction of sp³-hybridized carbons (Fsp3) is 0.562. The van der Waals surface area contributed by atoms with Crippen molar-refractivity contribution in [3.8, 4) is 5.75 Å². The van der Waals surface area contributed by atoms with Gasteiger partial charge in [0, 0.05) is 19.2 Å². The van der Waals surface area contributed by atoms with E-state index in [0.29, 0.717) is 18.8 Å². The van der Waals surface area contributed by atoms with E-state index in [1.807, 2.05) is 0 Å². The van der Waals surface area contributed by atoms with E-state index in [9.17, 15) is 9.18 Å². The predicted octanol–water partition coefficient (Wildman–Crippen LogP) is 2.62. The maximum absolute atomic E-state index is 13.5. The summed E-state index contributed by atoms with van der Waals surface area (Å²) in [5.74, 6) is -0.171. The molecule has 0 aliphatic rings. The number of rotatable bonds is 9. The highest BCUT2D eigenvalue weighted by Gasteiger charge is 2.14. The third kappa shape index (κ3) is 6.58. The van der Waals surface area contributed by atoms with Crippen molar-refractivity contribution in [2.45, 2.75) is 45.8 Å². The van der Waals surface area contributed by atoms with E-state index < -0.39 is 6.10 Å². The van der Waals surface area contributed by atoms with Gasteiger partial charge in [0.15, 0.2) is 6.10 Å². The summed E-state index contributed by atoms with van der Waals surface area (Å²) in [5, 5.41) is 5.77. The number of ether oxygens (including phenoxy) is 1. The van der Waals surface area contributed by atoms with Gasteiger partial charge in [-0.2, -0.15) is 0 Å². The molecule has 0 bridgehead atoms. The quantitative estimate of drug-likeness (QED) is 0.689. The Labute approximate surface area is 126 Å². The van der Waals surface area contributed by atoms with Crippen LogP contribution in [0.5, 0.6) is 5.75 Å². The number of halogens is 1. The average molecular weight is 296 g/mol. The van der Waals surface area contributed by atoms with Crippen molar-refractivity contribution >= 4 is 5.91 Å². The Balaban J connectivity index is 2.53. The zero-order valence-electron chi connectivity index (χ0n) is 13.0. The van der Waals surface area contributed by atoms with E-state index in [2.05, 4.69) is 17.6 Å². The van der Waals surface area contributed by atoms with Gasteiger partial charge in [-0.3, -0.25) is 4.79 Å². The molecule has 0 heterocycles. The first kappa shape index (κ1) is 17.4. The Morgan fingerprint density at radius 3 is 2.76 bits per heavy atom. The van der Waals surface area contributed by atoms with Crippen molar-refractivity contribution in [1.82, 2.24) is 10.6 Å². The highest BCUT2D eigenvalue weighted by Crippen LogP contribution is 2.18. The fourth-order valence-corrected chi connectivity index (χ4v) is 1.98. The normalized spacial score (nSPS) is 12.0. The number of carbonyl (C=O) groups excluding carboxylic acids is 1. The Hall–Kier alpha value is -1.62. The van der Waals surface area contributed by atoms with E-state index in [0.717, 1.165) is 24.8 Å². The highest BCUT2D eigenvalue weighted by molar-refractivity contribution is 5.80. The average Bonchev–Trinajstić information content (AvgIpc) is 2.43. The summed E-state index contributed by atoms with van der Waals surface area (Å²) in [7, 11) is 1.79. The van der Waals surface area contributed by atoms with Crippen LogP contribution < -0.4 is 15.4 Å². The van der Waals surface area contributed by atoms with Gasteiger partial charge in [-0.05, 0) is 38.1 Å². The highest BCUT2D eigenvalue weighted by atomic mass is 19.1. The fourth-order valence-electron chi connectivity index (χ4n) is 1.98. The molecule has 0 radical (unpaired) electrons. The summed E-state index contributed by atoms with van der Waals surface area (Å²) in [6.45, 7) is 4.97. The third-order valence-corrected chi connectivity index (χ3v) is 3.07. The van der Waals surface area contributed by atoms with Crippen LogP contribution in [-0.2, 0) is 11.3 Å². The molecule has 2 N–H and O–H groups in total. The number of hydrogen-bond acceptors (Lipinski definition) is 3. The molecule has 118 valence electrons. The van der Waals surface area contributed by atoms with Crippen LogP contribution in [0.2, 0.25) is 0 Å². The van der Waals surface area contributed by atoms with Crippen LogP contribution in [0.3, 0.4) is 0 Å². The lowest BCUT2D eigenvalue weighted by molar-refractivity contribution is -0.127. The van der Waals surface area contributed by atoms with E-state index >= 15 is 0 Å². The lowest BCUT2D eigenvalue weighted by Crippen LogP contribution is -2.36. The Kier molecular flexibility index (Phi) is 7.75. The topological polar surface area (TPSA) is 50.4 Å². The maximum atomic E-state index is 13.5. The van der Waals surface area contributed by atoms with Crippen LogP contribution in [-0.4, -0.2) is 25.6 Å². The summed E-state index contributed by atoms with van der Waals surface area (Å²) in [6.07, 6.45) is 2.52. The number of unbranched alkanes of at least 4 members (excludes halogenated alkanes) is 2. The summed E-state index contributed by atoms with van der Waals surface area (Å²) in [4.78, 5) is 11.9. The zero-order valence-corrected chi connectivity index (χ0v) is 13.0. The van der Waals surface area contributed by atoms with Crippen molar-refractivity contribution in [2.75, 3.05) is 13.6 Å². The number of benzene rings is 1. The standard InChI is InChI=1S/C16H25FN2O2/c1-4-5-6-7-19-16(20)12(2)21-15-9-13(11-18-3)8-14(17)10-15/h8-10,12,18H,4-7,11H2,1-3H3,(H,19,20). The number of carbonyl (C=O) groups is 1. The van der Waals surface area contributed by atoms with Crippen LogP contribution in [0.4, 0.5) is 4.39 Å². The molecule has 1 rings (SSSR count). The molecule has 21 heavy (non-hydrogen) atoms. The molecule has 0 saturated heterocycles. The molecule has 0 aliphatic carbocycles. The van der Waals surface area contributed by atoms with Gasteiger partial charge in [-0.25, -0.2) is 4.39 Å². The smallest absolute Gasteiger partial charge is 0.260 e. The first-order valence-corrected chi connectivity index (χ1v) is 7.45. The Morgan fingerprint density at radius 2 is 2.10 bits per heavy atom. The maximum Gasteiger partial charge on any atom is 0.260 e. The Bertz CT molecular complexity index is 452. The first-order valence-electron chi connectivity index (χ1n) is 7.45. The molecule has 1 atom stereocenters. The number of nitrogens with one attached hydrogen (secondary N) is 2. The zero-order chi connectivity index (χ0) is 15.7. The number of amides is 1. The molecular formula is C16H25FN2O2. The molecule has 1 unspecified atom stereocenters. The second-order valence-corrected chi connectivity index (χ2v) is 5.08. The predicted molar refractivity (Wildman–Crippen MR) is 81.8 cm³/mol. The summed E-state index contributed by atoms with van der Waals surface area (Å²) < 4.78 is 19.0. The lowest BCUT2D eigenvalue weighted by Gasteiger charge is -2.15. The van der Waals surface area contributed by atoms with E-state index in [4.69, 9.17) is 4.74 Å². The van der Waals surface area contributed by atoms with Gasteiger partial charge < -0.3 is 15.4 Å². The first-order chi connectivity index (χ1) is 10.1. The monoisotopic (exact) mass is 296 g/mol. The molecule has 0 aromatic heterocycles. The molecule has 1 aromatic carbocycles. The summed E-state index contributed by atoms with van der Waals surface area (Å²) >= 11 is 0. The van der Waals surface area contributed by atoms with Crippen LogP contribution in [0, 0.1) is 5.82 Å². The molecule has 4 nitrogen and oxygen atoms in total. The number of hydrogen-bond donors (Lipinski definition) is 2. The molecule has 0 spiro atoms. The van der Waals surface area contributed by atoms with Crippen LogP contribution in [0.15, 0.2) is 18.2 Å². The van der Waals surface area contributed by atoms with Crippen LogP contribution in [0.1, 0.15) is 38.7 Å². The van der Waals surface area contributed by atoms with Crippen molar-refractivity contribution in [3.05, 3.63) is 29.6 Å². The second-order valence-electron chi connectivity index (χ2n) is 5.08. The van der Waals surface area contributed by atoms with E-state index in [1.165, 1.54) is 12.1 Å². The lowest BCUT2D eigenvalue weighted by atomic mass is 10.2. The van der Waals surface area contributed by atoms with Gasteiger partial charge in [0.1, 0.15) is 11.6 Å². The van der Waals surface area contributed by atoms with Crippen LogP contribution >= 0.6 is 0 Å². The van der Waals surface area contributed by atoms with Gasteiger partial charge in [-0.1, -0.05) is 19.8 Å². The molecule has 1 aromatic rings. The van der Waals surface area contributed by atoms with Crippen molar-refractivity contribution in [1.29, 1.82) is 0 Å². The Morgan fingerprint density at radius 1 is 1.33 bits per heavy atom. The molecule has 0 aliphatic heterocycles. The minimum atomic E-state index is -0.643. The minimum absolute atomic E-state index is 0.175. The van der Waals surface area contributed by atoms with Gasteiger partial charge in [0.05, 0.1) is 0 Å². The minimum Gasteiger partial charge on any atom is -0.481 e.